The van der Waals surface area contributed by atoms with E-state index in [1.165, 1.54) is 0 Å². The molecule has 30 heavy (non-hydrogen) atoms. The Kier molecular flexibility index (Phi) is 5.84. The van der Waals surface area contributed by atoms with Crippen molar-refractivity contribution in [1.29, 1.82) is 0 Å². The van der Waals surface area contributed by atoms with Gasteiger partial charge in [-0.3, -0.25) is 4.79 Å². The molecule has 0 bridgehead atoms. The van der Waals surface area contributed by atoms with Crippen LogP contribution in [0, 0.1) is 13.8 Å². The van der Waals surface area contributed by atoms with E-state index in [0.717, 1.165) is 28.0 Å². The lowest BCUT2D eigenvalue weighted by Gasteiger charge is -2.18. The third kappa shape index (κ3) is 4.54. The summed E-state index contributed by atoms with van der Waals surface area (Å²) in [4.78, 5) is 13.0. The summed E-state index contributed by atoms with van der Waals surface area (Å²) in [7, 11) is 0. The fourth-order valence-electron chi connectivity index (χ4n) is 3.26. The fourth-order valence-corrected chi connectivity index (χ4v) is 3.26. The van der Waals surface area contributed by atoms with Gasteiger partial charge < -0.3 is 14.2 Å². The molecule has 0 saturated heterocycles. The van der Waals surface area contributed by atoms with Crippen molar-refractivity contribution in [2.24, 2.45) is 0 Å². The number of ketones is 1. The number of fused-ring (bicyclic) bond motifs is 1. The van der Waals surface area contributed by atoms with Crippen LogP contribution in [0.1, 0.15) is 32.6 Å². The van der Waals surface area contributed by atoms with Crippen LogP contribution in [0.25, 0.3) is 6.08 Å². The van der Waals surface area contributed by atoms with E-state index < -0.39 is 0 Å². The Labute approximate surface area is 176 Å². The van der Waals surface area contributed by atoms with E-state index >= 15 is 0 Å². The van der Waals surface area contributed by atoms with E-state index in [0.29, 0.717) is 36.9 Å². The van der Waals surface area contributed by atoms with E-state index in [1.807, 2.05) is 74.5 Å². The number of hydrogen-bond acceptors (Lipinski definition) is 4. The molecule has 1 heterocycles. The molecule has 4 rings (SSSR count). The van der Waals surface area contributed by atoms with Crippen molar-refractivity contribution < 1.29 is 19.0 Å². The first-order valence-corrected chi connectivity index (χ1v) is 10.0. The van der Waals surface area contributed by atoms with Crippen LogP contribution in [0.5, 0.6) is 17.2 Å². The lowest BCUT2D eigenvalue weighted by atomic mass is 10.0. The van der Waals surface area contributed by atoms with Crippen molar-refractivity contribution in [1.82, 2.24) is 0 Å². The van der Waals surface area contributed by atoms with Gasteiger partial charge in [-0.25, -0.2) is 0 Å². The van der Waals surface area contributed by atoms with Gasteiger partial charge in [0.2, 0.25) is 0 Å². The Morgan fingerprint density at radius 2 is 1.67 bits per heavy atom. The molecule has 0 radical (unpaired) electrons. The summed E-state index contributed by atoms with van der Waals surface area (Å²) < 4.78 is 17.2. The second kappa shape index (κ2) is 8.87. The van der Waals surface area contributed by atoms with Gasteiger partial charge in [0.05, 0.1) is 5.56 Å². The largest absolute Gasteiger partial charge is 0.488 e. The molecule has 0 saturated carbocycles. The second-order valence-corrected chi connectivity index (χ2v) is 7.31. The van der Waals surface area contributed by atoms with Crippen LogP contribution in [0.2, 0.25) is 0 Å². The van der Waals surface area contributed by atoms with Crippen molar-refractivity contribution in [3.63, 3.8) is 0 Å². The molecule has 0 aliphatic carbocycles. The molecule has 0 atom stereocenters. The Balaban J connectivity index is 1.55. The van der Waals surface area contributed by atoms with Gasteiger partial charge in [0.25, 0.3) is 0 Å². The van der Waals surface area contributed by atoms with Gasteiger partial charge >= 0.3 is 0 Å². The highest BCUT2D eigenvalue weighted by Crippen LogP contribution is 2.31. The predicted molar refractivity (Wildman–Crippen MR) is 117 cm³/mol. The first-order valence-electron chi connectivity index (χ1n) is 10.0. The average molecular weight is 400 g/mol. The van der Waals surface area contributed by atoms with Crippen molar-refractivity contribution in [3.8, 4) is 17.2 Å². The summed E-state index contributed by atoms with van der Waals surface area (Å²) in [5.74, 6) is 1.93. The monoisotopic (exact) mass is 400 g/mol. The summed E-state index contributed by atoms with van der Waals surface area (Å²) in [6.45, 7) is 5.51. The quantitative estimate of drug-likeness (QED) is 0.402. The van der Waals surface area contributed by atoms with Crippen LogP contribution in [0.4, 0.5) is 0 Å². The van der Waals surface area contributed by atoms with Gasteiger partial charge in [0, 0.05) is 0 Å². The maximum atomic E-state index is 13.0. The molecule has 3 aromatic rings. The third-order valence-corrected chi connectivity index (χ3v) is 5.09. The zero-order chi connectivity index (χ0) is 20.9. The van der Waals surface area contributed by atoms with Crippen molar-refractivity contribution in [3.05, 3.63) is 94.6 Å². The summed E-state index contributed by atoms with van der Waals surface area (Å²) >= 11 is 0. The Hall–Kier alpha value is -3.53. The summed E-state index contributed by atoms with van der Waals surface area (Å²) in [5.41, 5.74) is 4.63. The van der Waals surface area contributed by atoms with Crippen LogP contribution < -0.4 is 14.2 Å². The molecule has 0 unspecified atom stereocenters. The minimum atomic E-state index is -0.101. The molecular weight excluding hydrogens is 376 g/mol. The summed E-state index contributed by atoms with van der Waals surface area (Å²) in [5, 5.41) is 0. The van der Waals surface area contributed by atoms with Crippen molar-refractivity contribution in [2.45, 2.75) is 20.5 Å². The van der Waals surface area contributed by atoms with Crippen LogP contribution in [0.3, 0.4) is 0 Å². The lowest BCUT2D eigenvalue weighted by molar-refractivity contribution is 0.104. The number of allylic oxidation sites excluding steroid dienone is 1. The number of carbonyl (C=O) groups is 1. The topological polar surface area (TPSA) is 44.8 Å². The molecule has 4 nitrogen and oxygen atoms in total. The van der Waals surface area contributed by atoms with Gasteiger partial charge in [0.15, 0.2) is 17.3 Å². The molecule has 1 aliphatic heterocycles. The molecule has 3 aromatic carbocycles. The third-order valence-electron chi connectivity index (χ3n) is 5.09. The average Bonchev–Trinajstić information content (AvgIpc) is 2.78. The number of rotatable bonds is 6. The van der Waals surface area contributed by atoms with E-state index in [9.17, 15) is 4.79 Å². The van der Waals surface area contributed by atoms with E-state index in [4.69, 9.17) is 14.2 Å². The zero-order valence-electron chi connectivity index (χ0n) is 17.2. The number of ether oxygens (including phenoxy) is 3. The summed E-state index contributed by atoms with van der Waals surface area (Å²) in [6.07, 6.45) is 3.36. The minimum Gasteiger partial charge on any atom is -0.488 e. The normalized spacial score (nSPS) is 12.7. The Morgan fingerprint density at radius 3 is 2.47 bits per heavy atom. The van der Waals surface area contributed by atoms with Gasteiger partial charge in [-0.05, 0) is 66.4 Å². The molecule has 0 aromatic heterocycles. The van der Waals surface area contributed by atoms with Crippen LogP contribution >= 0.6 is 0 Å². The van der Waals surface area contributed by atoms with Gasteiger partial charge in [0.1, 0.15) is 25.6 Å². The molecule has 152 valence electrons. The molecule has 4 heteroatoms. The van der Waals surface area contributed by atoms with Crippen LogP contribution in [-0.4, -0.2) is 19.0 Å². The summed E-state index contributed by atoms with van der Waals surface area (Å²) in [6, 6.07) is 19.4. The smallest absolute Gasteiger partial charge is 0.189 e. The number of benzene rings is 3. The second-order valence-electron chi connectivity index (χ2n) is 7.31. The van der Waals surface area contributed by atoms with Crippen LogP contribution in [-0.2, 0) is 6.61 Å². The molecule has 0 N–H and O–H groups in total. The highest BCUT2D eigenvalue weighted by atomic mass is 16.6. The van der Waals surface area contributed by atoms with Crippen LogP contribution in [0.15, 0.2) is 66.7 Å². The maximum Gasteiger partial charge on any atom is 0.189 e. The van der Waals surface area contributed by atoms with E-state index in [-0.39, 0.29) is 5.78 Å². The minimum absolute atomic E-state index is 0.101. The molecule has 0 spiro atoms. The van der Waals surface area contributed by atoms with E-state index in [1.54, 1.807) is 12.2 Å². The first-order chi connectivity index (χ1) is 14.6. The highest BCUT2D eigenvalue weighted by Gasteiger charge is 2.14. The van der Waals surface area contributed by atoms with Crippen molar-refractivity contribution in [2.75, 3.05) is 13.2 Å². The van der Waals surface area contributed by atoms with Crippen molar-refractivity contribution >= 4 is 11.9 Å². The molecule has 0 fully saturated rings. The standard InChI is InChI=1S/C26H24O4/c1-18-14-22(25(15-19(18)2)30-17-21-6-4-3-5-7-21)23(27)10-8-20-9-11-24-26(16-20)29-13-12-28-24/h3-11,14-16H,12-13,17H2,1-2H3/b10-8+. The predicted octanol–water partition coefficient (Wildman–Crippen LogP) is 5.55. The van der Waals surface area contributed by atoms with Gasteiger partial charge in [-0.1, -0.05) is 42.5 Å². The number of aryl methyl sites for hydroxylation is 2. The highest BCUT2D eigenvalue weighted by molar-refractivity contribution is 6.08. The van der Waals surface area contributed by atoms with Gasteiger partial charge in [-0.15, -0.1) is 0 Å². The SMILES string of the molecule is Cc1cc(OCc2ccccc2)c(C(=O)/C=C/c2ccc3c(c2)OCCO3)cc1C. The molecular formula is C26H24O4. The van der Waals surface area contributed by atoms with Gasteiger partial charge in [-0.2, -0.15) is 0 Å². The first kappa shape index (κ1) is 19.8. The maximum absolute atomic E-state index is 13.0. The zero-order valence-corrected chi connectivity index (χ0v) is 17.2. The van der Waals surface area contributed by atoms with E-state index in [2.05, 4.69) is 0 Å². The lowest BCUT2D eigenvalue weighted by Crippen LogP contribution is -2.15. The molecule has 0 amide bonds. The molecule has 1 aliphatic rings. The number of hydrogen-bond donors (Lipinski definition) is 0. The Morgan fingerprint density at radius 1 is 0.933 bits per heavy atom. The number of carbonyl (C=O) groups excluding carboxylic acids is 1. The fraction of sp³-hybridized carbons (Fsp3) is 0.192. The Bertz CT molecular complexity index is 1080.